The lowest BCUT2D eigenvalue weighted by Crippen LogP contribution is -2.40. The van der Waals surface area contributed by atoms with Gasteiger partial charge in [0.25, 0.3) is 0 Å². The number of fused-ring (bicyclic) bond motifs is 1. The predicted octanol–water partition coefficient (Wildman–Crippen LogP) is 1.92. The average molecular weight is 308 g/mol. The highest BCUT2D eigenvalue weighted by molar-refractivity contribution is 5.98. The molecule has 1 aliphatic heterocycles. The first kappa shape index (κ1) is 15.1. The van der Waals surface area contributed by atoms with E-state index in [1.807, 2.05) is 18.2 Å². The molecule has 0 fully saturated rings. The van der Waals surface area contributed by atoms with Crippen LogP contribution < -0.4 is 16.0 Å². The number of nitrogens with one attached hydrogen (secondary N) is 1. The largest absolute Gasteiger partial charge is 0.366 e. The molecule has 1 amide bonds. The zero-order chi connectivity index (χ0) is 16.2. The molecule has 0 saturated carbocycles. The Morgan fingerprint density at radius 1 is 1.22 bits per heavy atom. The van der Waals surface area contributed by atoms with Gasteiger partial charge in [0.1, 0.15) is 0 Å². The smallest absolute Gasteiger partial charge is 0.248 e. The standard InChI is InChI=1S/C18H20N4O/c1-20-18(22-11-10-14-4-2-3-5-16(14)22)21-12-13-6-8-15(9-7-13)17(19)23/h2-9H,10-12H2,1H3,(H2,19,23)(H,20,21). The molecule has 1 heterocycles. The number of carbonyl (C=O) groups excluding carboxylic acids is 1. The van der Waals surface area contributed by atoms with Crippen LogP contribution in [0.15, 0.2) is 53.5 Å². The van der Waals surface area contributed by atoms with E-state index in [1.54, 1.807) is 19.2 Å². The number of para-hydroxylation sites is 1. The first-order valence-electron chi connectivity index (χ1n) is 7.64. The van der Waals surface area contributed by atoms with E-state index in [-0.39, 0.29) is 0 Å². The van der Waals surface area contributed by atoms with Crippen molar-refractivity contribution in [2.75, 3.05) is 18.5 Å². The van der Waals surface area contributed by atoms with Crippen LogP contribution in [0.5, 0.6) is 0 Å². The fourth-order valence-corrected chi connectivity index (χ4v) is 2.82. The van der Waals surface area contributed by atoms with E-state index in [9.17, 15) is 4.79 Å². The van der Waals surface area contributed by atoms with E-state index in [0.29, 0.717) is 12.1 Å². The number of guanidine groups is 1. The van der Waals surface area contributed by atoms with Crippen LogP contribution in [0.4, 0.5) is 5.69 Å². The third kappa shape index (κ3) is 3.18. The van der Waals surface area contributed by atoms with Crippen LogP contribution in [-0.2, 0) is 13.0 Å². The molecule has 0 radical (unpaired) electrons. The first-order valence-corrected chi connectivity index (χ1v) is 7.64. The van der Waals surface area contributed by atoms with Crippen molar-refractivity contribution in [3.8, 4) is 0 Å². The number of rotatable bonds is 3. The summed E-state index contributed by atoms with van der Waals surface area (Å²) in [6.45, 7) is 1.57. The van der Waals surface area contributed by atoms with Gasteiger partial charge in [-0.25, -0.2) is 0 Å². The van der Waals surface area contributed by atoms with Gasteiger partial charge in [0.05, 0.1) is 0 Å². The summed E-state index contributed by atoms with van der Waals surface area (Å²) in [5.74, 6) is 0.447. The van der Waals surface area contributed by atoms with Gasteiger partial charge in [-0.15, -0.1) is 0 Å². The van der Waals surface area contributed by atoms with E-state index in [2.05, 4.69) is 33.4 Å². The minimum absolute atomic E-state index is 0.408. The first-order chi connectivity index (χ1) is 11.2. The molecule has 2 aromatic carbocycles. The molecule has 5 heteroatoms. The van der Waals surface area contributed by atoms with Crippen LogP contribution in [0.1, 0.15) is 21.5 Å². The Morgan fingerprint density at radius 2 is 1.96 bits per heavy atom. The van der Waals surface area contributed by atoms with Crippen molar-refractivity contribution in [1.29, 1.82) is 0 Å². The molecule has 0 aromatic heterocycles. The topological polar surface area (TPSA) is 70.7 Å². The second kappa shape index (κ2) is 6.52. The molecular formula is C18H20N4O. The van der Waals surface area contributed by atoms with E-state index in [0.717, 1.165) is 24.5 Å². The summed E-state index contributed by atoms with van der Waals surface area (Å²) in [4.78, 5) is 17.7. The Labute approximate surface area is 135 Å². The second-order valence-electron chi connectivity index (χ2n) is 5.49. The Morgan fingerprint density at radius 3 is 2.65 bits per heavy atom. The molecule has 5 nitrogen and oxygen atoms in total. The van der Waals surface area contributed by atoms with E-state index in [1.165, 1.54) is 11.3 Å². The van der Waals surface area contributed by atoms with Gasteiger partial charge in [-0.05, 0) is 35.7 Å². The molecule has 0 spiro atoms. The number of nitrogens with two attached hydrogens (primary N) is 1. The van der Waals surface area contributed by atoms with Crippen molar-refractivity contribution >= 4 is 17.6 Å². The predicted molar refractivity (Wildman–Crippen MR) is 92.7 cm³/mol. The number of benzene rings is 2. The highest BCUT2D eigenvalue weighted by Crippen LogP contribution is 2.27. The van der Waals surface area contributed by atoms with Gasteiger partial charge in [-0.3, -0.25) is 9.79 Å². The molecule has 0 unspecified atom stereocenters. The normalized spacial score (nSPS) is 13.8. The van der Waals surface area contributed by atoms with Crippen molar-refractivity contribution in [3.63, 3.8) is 0 Å². The SMILES string of the molecule is CN=C(NCc1ccc(C(N)=O)cc1)N1CCc2ccccc21. The van der Waals surface area contributed by atoms with Crippen LogP contribution >= 0.6 is 0 Å². The molecule has 0 bridgehead atoms. The monoisotopic (exact) mass is 308 g/mol. The van der Waals surface area contributed by atoms with Crippen molar-refractivity contribution in [2.24, 2.45) is 10.7 Å². The molecule has 2 aromatic rings. The summed E-state index contributed by atoms with van der Waals surface area (Å²) >= 11 is 0. The van der Waals surface area contributed by atoms with E-state index >= 15 is 0 Å². The Hall–Kier alpha value is -2.82. The fraction of sp³-hybridized carbons (Fsp3) is 0.222. The van der Waals surface area contributed by atoms with E-state index < -0.39 is 5.91 Å². The molecular weight excluding hydrogens is 288 g/mol. The Kier molecular flexibility index (Phi) is 4.28. The van der Waals surface area contributed by atoms with Crippen molar-refractivity contribution in [2.45, 2.75) is 13.0 Å². The van der Waals surface area contributed by atoms with Gasteiger partial charge in [0, 0.05) is 31.4 Å². The third-order valence-electron chi connectivity index (χ3n) is 4.04. The third-order valence-corrected chi connectivity index (χ3v) is 4.04. The number of carbonyl (C=O) groups is 1. The highest BCUT2D eigenvalue weighted by Gasteiger charge is 2.22. The minimum atomic E-state index is -0.408. The van der Waals surface area contributed by atoms with Crippen LogP contribution in [0.25, 0.3) is 0 Å². The zero-order valence-corrected chi connectivity index (χ0v) is 13.1. The van der Waals surface area contributed by atoms with Crippen molar-refractivity contribution < 1.29 is 4.79 Å². The summed E-state index contributed by atoms with van der Waals surface area (Å²) < 4.78 is 0. The maximum Gasteiger partial charge on any atom is 0.248 e. The molecule has 0 atom stereocenters. The highest BCUT2D eigenvalue weighted by atomic mass is 16.1. The van der Waals surface area contributed by atoms with Gasteiger partial charge < -0.3 is 16.0 Å². The van der Waals surface area contributed by atoms with Gasteiger partial charge in [-0.2, -0.15) is 0 Å². The maximum absolute atomic E-state index is 11.1. The summed E-state index contributed by atoms with van der Waals surface area (Å²) in [5, 5.41) is 3.38. The summed E-state index contributed by atoms with van der Waals surface area (Å²) in [5.41, 5.74) is 9.41. The molecule has 0 aliphatic carbocycles. The second-order valence-corrected chi connectivity index (χ2v) is 5.49. The lowest BCUT2D eigenvalue weighted by atomic mass is 10.1. The van der Waals surface area contributed by atoms with Crippen molar-refractivity contribution in [3.05, 3.63) is 65.2 Å². The number of hydrogen-bond acceptors (Lipinski definition) is 2. The number of aliphatic imine (C=N–C) groups is 1. The van der Waals surface area contributed by atoms with Crippen LogP contribution in [-0.4, -0.2) is 25.5 Å². The number of hydrogen-bond donors (Lipinski definition) is 2. The molecule has 0 saturated heterocycles. The van der Waals surface area contributed by atoms with E-state index in [4.69, 9.17) is 5.73 Å². The number of amides is 1. The summed E-state index contributed by atoms with van der Waals surface area (Å²) in [6, 6.07) is 15.7. The Balaban J connectivity index is 1.68. The molecule has 3 rings (SSSR count). The quantitative estimate of drug-likeness (QED) is 0.672. The lowest BCUT2D eigenvalue weighted by molar-refractivity contribution is 0.100. The van der Waals surface area contributed by atoms with Crippen LogP contribution in [0.3, 0.4) is 0 Å². The minimum Gasteiger partial charge on any atom is -0.366 e. The van der Waals surface area contributed by atoms with Gasteiger partial charge >= 0.3 is 0 Å². The van der Waals surface area contributed by atoms with Crippen LogP contribution in [0.2, 0.25) is 0 Å². The zero-order valence-electron chi connectivity index (χ0n) is 13.1. The lowest BCUT2D eigenvalue weighted by Gasteiger charge is -2.22. The maximum atomic E-state index is 11.1. The van der Waals surface area contributed by atoms with Gasteiger partial charge in [0.15, 0.2) is 5.96 Å². The average Bonchev–Trinajstić information content (AvgIpc) is 3.00. The number of anilines is 1. The molecule has 23 heavy (non-hydrogen) atoms. The van der Waals surface area contributed by atoms with Crippen LogP contribution in [0, 0.1) is 0 Å². The fourth-order valence-electron chi connectivity index (χ4n) is 2.82. The Bertz CT molecular complexity index is 737. The summed E-state index contributed by atoms with van der Waals surface area (Å²) in [7, 11) is 1.79. The number of primary amides is 1. The van der Waals surface area contributed by atoms with Gasteiger partial charge in [-0.1, -0.05) is 30.3 Å². The molecule has 3 N–H and O–H groups in total. The summed E-state index contributed by atoms with van der Waals surface area (Å²) in [6.07, 6.45) is 1.03. The molecule has 1 aliphatic rings. The van der Waals surface area contributed by atoms with Gasteiger partial charge in [0.2, 0.25) is 5.91 Å². The number of nitrogens with zero attached hydrogens (tertiary/aromatic N) is 2. The van der Waals surface area contributed by atoms with Crippen molar-refractivity contribution in [1.82, 2.24) is 5.32 Å². The molecule has 118 valence electrons.